The monoisotopic (exact) mass is 254 g/mol. The first-order chi connectivity index (χ1) is 8.07. The third-order valence-corrected chi connectivity index (χ3v) is 4.85. The molecule has 0 spiro atoms. The third-order valence-electron chi connectivity index (χ3n) is 3.51. The van der Waals surface area contributed by atoms with Crippen LogP contribution >= 0.6 is 11.3 Å². The van der Waals surface area contributed by atoms with E-state index in [1.807, 2.05) is 18.4 Å². The molecular weight excluding hydrogens is 232 g/mol. The maximum absolute atomic E-state index is 5.68. The summed E-state index contributed by atoms with van der Waals surface area (Å²) in [5, 5.41) is 4.62. The maximum atomic E-state index is 5.68. The molecular formula is C13H22N2OS. The Morgan fingerprint density at radius 1 is 1.47 bits per heavy atom. The summed E-state index contributed by atoms with van der Waals surface area (Å²) in [6.07, 6.45) is 3.49. The summed E-state index contributed by atoms with van der Waals surface area (Å²) in [6.45, 7) is 7.35. The van der Waals surface area contributed by atoms with Crippen LogP contribution in [0.2, 0.25) is 0 Å². The van der Waals surface area contributed by atoms with E-state index < -0.39 is 0 Å². The molecule has 96 valence electrons. The summed E-state index contributed by atoms with van der Waals surface area (Å²) in [7, 11) is 1.81. The summed E-state index contributed by atoms with van der Waals surface area (Å²) in [6, 6.07) is 0.514. The molecule has 0 amide bonds. The molecule has 1 aliphatic rings. The van der Waals surface area contributed by atoms with E-state index in [0.29, 0.717) is 6.04 Å². The van der Waals surface area contributed by atoms with Crippen molar-refractivity contribution in [2.45, 2.75) is 58.2 Å². The minimum atomic E-state index is -0.0640. The van der Waals surface area contributed by atoms with E-state index in [1.54, 1.807) is 0 Å². The van der Waals surface area contributed by atoms with E-state index in [2.05, 4.69) is 26.1 Å². The smallest absolute Gasteiger partial charge is 0.125 e. The van der Waals surface area contributed by atoms with Crippen molar-refractivity contribution < 1.29 is 4.74 Å². The lowest BCUT2D eigenvalue weighted by Gasteiger charge is -2.38. The Kier molecular flexibility index (Phi) is 3.85. The lowest BCUT2D eigenvalue weighted by molar-refractivity contribution is -0.0780. The lowest BCUT2D eigenvalue weighted by Crippen LogP contribution is -2.35. The van der Waals surface area contributed by atoms with Gasteiger partial charge in [-0.25, -0.2) is 4.98 Å². The van der Waals surface area contributed by atoms with Crippen LogP contribution in [-0.2, 0) is 16.9 Å². The number of methoxy groups -OCH3 is 1. The SMILES string of the molecule is COC1(c2nc(C)c(CNC(C)C)s2)CCC1. The fourth-order valence-corrected chi connectivity index (χ4v) is 3.33. The standard InChI is InChI=1S/C13H22N2OS/c1-9(2)14-8-11-10(3)15-12(17-11)13(16-4)6-5-7-13/h9,14H,5-8H2,1-4H3. The number of ether oxygens (including phenoxy) is 1. The molecule has 17 heavy (non-hydrogen) atoms. The van der Waals surface area contributed by atoms with Crippen molar-refractivity contribution in [1.29, 1.82) is 0 Å². The zero-order chi connectivity index (χ0) is 12.5. The van der Waals surface area contributed by atoms with Crippen LogP contribution in [0.1, 0.15) is 48.7 Å². The first-order valence-corrected chi connectivity index (χ1v) is 7.14. The summed E-state index contributed by atoms with van der Waals surface area (Å²) in [4.78, 5) is 6.05. The quantitative estimate of drug-likeness (QED) is 0.877. The highest BCUT2D eigenvalue weighted by molar-refractivity contribution is 7.11. The zero-order valence-electron chi connectivity index (χ0n) is 11.2. The highest BCUT2D eigenvalue weighted by atomic mass is 32.1. The van der Waals surface area contributed by atoms with Gasteiger partial charge >= 0.3 is 0 Å². The van der Waals surface area contributed by atoms with Gasteiger partial charge in [-0.05, 0) is 26.2 Å². The van der Waals surface area contributed by atoms with E-state index >= 15 is 0 Å². The van der Waals surface area contributed by atoms with E-state index in [-0.39, 0.29) is 5.60 Å². The van der Waals surface area contributed by atoms with Crippen molar-refractivity contribution in [2.24, 2.45) is 0 Å². The second kappa shape index (κ2) is 5.04. The molecule has 1 aromatic heterocycles. The van der Waals surface area contributed by atoms with Crippen LogP contribution in [0.25, 0.3) is 0 Å². The highest BCUT2D eigenvalue weighted by Gasteiger charge is 2.41. The lowest BCUT2D eigenvalue weighted by atomic mass is 9.80. The Morgan fingerprint density at radius 3 is 2.65 bits per heavy atom. The predicted octanol–water partition coefficient (Wildman–Crippen LogP) is 2.98. The number of aromatic nitrogens is 1. The molecule has 0 aliphatic heterocycles. The van der Waals surface area contributed by atoms with Crippen LogP contribution in [0.15, 0.2) is 0 Å². The molecule has 1 N–H and O–H groups in total. The second-order valence-corrected chi connectivity index (χ2v) is 6.20. The zero-order valence-corrected chi connectivity index (χ0v) is 12.0. The minimum absolute atomic E-state index is 0.0640. The van der Waals surface area contributed by atoms with Gasteiger partial charge in [0.2, 0.25) is 0 Å². The molecule has 0 aromatic carbocycles. The van der Waals surface area contributed by atoms with Crippen molar-refractivity contribution in [2.75, 3.05) is 7.11 Å². The highest BCUT2D eigenvalue weighted by Crippen LogP contribution is 2.46. The number of hydrogen-bond acceptors (Lipinski definition) is 4. The average Bonchev–Trinajstić information content (AvgIpc) is 2.56. The Balaban J connectivity index is 2.12. The number of thiazole rings is 1. The Hall–Kier alpha value is -0.450. The third kappa shape index (κ3) is 2.54. The van der Waals surface area contributed by atoms with Crippen molar-refractivity contribution in [3.05, 3.63) is 15.6 Å². The van der Waals surface area contributed by atoms with Crippen molar-refractivity contribution >= 4 is 11.3 Å². The summed E-state index contributed by atoms with van der Waals surface area (Å²) >= 11 is 1.81. The first-order valence-electron chi connectivity index (χ1n) is 6.33. The second-order valence-electron chi connectivity index (χ2n) is 5.12. The van der Waals surface area contributed by atoms with Crippen molar-refractivity contribution in [3.8, 4) is 0 Å². The number of nitrogens with zero attached hydrogens (tertiary/aromatic N) is 1. The van der Waals surface area contributed by atoms with Crippen molar-refractivity contribution in [1.82, 2.24) is 10.3 Å². The normalized spacial score (nSPS) is 18.4. The average molecular weight is 254 g/mol. The summed E-state index contributed by atoms with van der Waals surface area (Å²) in [5.41, 5.74) is 1.09. The molecule has 0 atom stereocenters. The van der Waals surface area contributed by atoms with Gasteiger partial charge in [-0.1, -0.05) is 13.8 Å². The fourth-order valence-electron chi connectivity index (χ4n) is 2.09. The van der Waals surface area contributed by atoms with Crippen LogP contribution in [0.4, 0.5) is 0 Å². The van der Waals surface area contributed by atoms with Gasteiger partial charge in [0.25, 0.3) is 0 Å². The summed E-state index contributed by atoms with van der Waals surface area (Å²) in [5.74, 6) is 0. The number of nitrogens with one attached hydrogen (secondary N) is 1. The van der Waals surface area contributed by atoms with E-state index in [9.17, 15) is 0 Å². The molecule has 3 nitrogen and oxygen atoms in total. The molecule has 2 rings (SSSR count). The van der Waals surface area contributed by atoms with E-state index in [4.69, 9.17) is 9.72 Å². The molecule has 1 aromatic rings. The van der Waals surface area contributed by atoms with Crippen LogP contribution < -0.4 is 5.32 Å². The molecule has 0 saturated heterocycles. The van der Waals surface area contributed by atoms with Gasteiger partial charge in [-0.2, -0.15) is 0 Å². The van der Waals surface area contributed by atoms with E-state index in [0.717, 1.165) is 25.1 Å². The molecule has 0 bridgehead atoms. The van der Waals surface area contributed by atoms with Gasteiger partial charge in [-0.15, -0.1) is 11.3 Å². The van der Waals surface area contributed by atoms with Crippen molar-refractivity contribution in [3.63, 3.8) is 0 Å². The molecule has 0 unspecified atom stereocenters. The first kappa shape index (κ1) is 13.0. The minimum Gasteiger partial charge on any atom is -0.371 e. The predicted molar refractivity (Wildman–Crippen MR) is 71.4 cm³/mol. The van der Waals surface area contributed by atoms with Crippen LogP contribution in [-0.4, -0.2) is 18.1 Å². The largest absolute Gasteiger partial charge is 0.371 e. The number of hydrogen-bond donors (Lipinski definition) is 1. The van der Waals surface area contributed by atoms with Crippen LogP contribution in [0.5, 0.6) is 0 Å². The van der Waals surface area contributed by atoms with Crippen LogP contribution in [0.3, 0.4) is 0 Å². The maximum Gasteiger partial charge on any atom is 0.125 e. The summed E-state index contributed by atoms with van der Waals surface area (Å²) < 4.78 is 5.68. The van der Waals surface area contributed by atoms with Gasteiger partial charge < -0.3 is 10.1 Å². The molecule has 1 heterocycles. The van der Waals surface area contributed by atoms with Gasteiger partial charge in [-0.3, -0.25) is 0 Å². The number of aryl methyl sites for hydroxylation is 1. The van der Waals surface area contributed by atoms with Crippen LogP contribution in [0, 0.1) is 6.92 Å². The Morgan fingerprint density at radius 2 is 2.18 bits per heavy atom. The molecule has 4 heteroatoms. The molecule has 0 radical (unpaired) electrons. The Labute approximate surface area is 108 Å². The van der Waals surface area contributed by atoms with Gasteiger partial charge in [0, 0.05) is 24.6 Å². The molecule has 1 fully saturated rings. The fraction of sp³-hybridized carbons (Fsp3) is 0.769. The Bertz CT molecular complexity index is 377. The molecule has 1 saturated carbocycles. The van der Waals surface area contributed by atoms with Gasteiger partial charge in [0.05, 0.1) is 5.69 Å². The topological polar surface area (TPSA) is 34.1 Å². The van der Waals surface area contributed by atoms with Gasteiger partial charge in [0.1, 0.15) is 10.6 Å². The van der Waals surface area contributed by atoms with Gasteiger partial charge in [0.15, 0.2) is 0 Å². The number of rotatable bonds is 5. The van der Waals surface area contributed by atoms with E-state index in [1.165, 1.54) is 16.3 Å². The molecule has 1 aliphatic carbocycles.